The molecule has 1 aromatic carbocycles. The Morgan fingerprint density at radius 2 is 2.20 bits per heavy atom. The summed E-state index contributed by atoms with van der Waals surface area (Å²) >= 11 is 4.86. The fourth-order valence-corrected chi connectivity index (χ4v) is 2.27. The molecule has 0 aliphatic heterocycles. The van der Waals surface area contributed by atoms with Crippen LogP contribution in [0.25, 0.3) is 0 Å². The first-order valence-corrected chi connectivity index (χ1v) is 6.20. The first-order chi connectivity index (χ1) is 7.08. The van der Waals surface area contributed by atoms with Gasteiger partial charge in [-0.2, -0.15) is 0 Å². The van der Waals surface area contributed by atoms with Gasteiger partial charge in [0.1, 0.15) is 0 Å². The number of hydrogen-bond donors (Lipinski definition) is 1. The second kappa shape index (κ2) is 5.53. The molecular weight excluding hydrogens is 280 g/mol. The summed E-state index contributed by atoms with van der Waals surface area (Å²) in [4.78, 5) is 12.1. The Balaban J connectivity index is 3.03. The van der Waals surface area contributed by atoms with Gasteiger partial charge in [-0.05, 0) is 30.0 Å². The molecule has 0 aromatic heterocycles. The van der Waals surface area contributed by atoms with Gasteiger partial charge in [-0.3, -0.25) is 0 Å². The minimum atomic E-state index is -1.22. The smallest absolute Gasteiger partial charge is 0.339 e. The lowest BCUT2D eigenvalue weighted by Gasteiger charge is -2.10. The second-order valence-corrected chi connectivity index (χ2v) is 4.65. The van der Waals surface area contributed by atoms with Gasteiger partial charge >= 0.3 is 5.97 Å². The van der Waals surface area contributed by atoms with E-state index in [0.717, 1.165) is 9.37 Å². The summed E-state index contributed by atoms with van der Waals surface area (Å²) in [6, 6.07) is 5.37. The molecule has 82 valence electrons. The minimum Gasteiger partial charge on any atom is -0.467 e. The Hall–Kier alpha value is -0.520. The third-order valence-corrected chi connectivity index (χ3v) is 3.03. The van der Waals surface area contributed by atoms with Crippen molar-refractivity contribution in [2.45, 2.75) is 11.0 Å². The van der Waals surface area contributed by atoms with E-state index in [0.29, 0.717) is 5.56 Å². The molecule has 5 heteroatoms. The lowest BCUT2D eigenvalue weighted by molar-refractivity contribution is -0.150. The Bertz CT molecular complexity index is 368. The van der Waals surface area contributed by atoms with Gasteiger partial charge in [-0.15, -0.1) is 11.8 Å². The van der Waals surface area contributed by atoms with Crippen LogP contribution in [0.4, 0.5) is 0 Å². The predicted molar refractivity (Wildman–Crippen MR) is 62.9 cm³/mol. The van der Waals surface area contributed by atoms with Crippen molar-refractivity contribution in [2.24, 2.45) is 0 Å². The lowest BCUT2D eigenvalue weighted by atomic mass is 10.1. The maximum absolute atomic E-state index is 11.1. The number of rotatable bonds is 3. The maximum atomic E-state index is 11.1. The number of aliphatic hydroxyl groups excluding tert-OH is 1. The quantitative estimate of drug-likeness (QED) is 0.686. The van der Waals surface area contributed by atoms with Gasteiger partial charge in [0.2, 0.25) is 0 Å². The van der Waals surface area contributed by atoms with Crippen LogP contribution in [0.2, 0.25) is 0 Å². The molecule has 0 aliphatic carbocycles. The normalized spacial score (nSPS) is 12.3. The molecule has 0 spiro atoms. The highest BCUT2D eigenvalue weighted by atomic mass is 79.9. The van der Waals surface area contributed by atoms with Gasteiger partial charge in [0, 0.05) is 9.37 Å². The Morgan fingerprint density at radius 1 is 1.53 bits per heavy atom. The molecule has 1 atom stereocenters. The third-order valence-electron chi connectivity index (χ3n) is 1.87. The Morgan fingerprint density at radius 3 is 2.73 bits per heavy atom. The first kappa shape index (κ1) is 12.5. The van der Waals surface area contributed by atoms with Crippen LogP contribution in [0.15, 0.2) is 27.6 Å². The largest absolute Gasteiger partial charge is 0.467 e. The van der Waals surface area contributed by atoms with E-state index in [2.05, 4.69) is 20.7 Å². The SMILES string of the molecule is COC(=O)C(O)c1cc(Br)cc(SC)c1. The van der Waals surface area contributed by atoms with Crippen molar-refractivity contribution >= 4 is 33.7 Å². The summed E-state index contributed by atoms with van der Waals surface area (Å²) in [5, 5.41) is 9.63. The van der Waals surface area contributed by atoms with E-state index in [1.165, 1.54) is 7.11 Å². The van der Waals surface area contributed by atoms with Crippen molar-refractivity contribution in [2.75, 3.05) is 13.4 Å². The molecule has 0 heterocycles. The van der Waals surface area contributed by atoms with Crippen LogP contribution in [0.3, 0.4) is 0 Å². The van der Waals surface area contributed by atoms with Crippen molar-refractivity contribution in [1.29, 1.82) is 0 Å². The summed E-state index contributed by atoms with van der Waals surface area (Å²) in [5.41, 5.74) is 0.528. The molecule has 1 N–H and O–H groups in total. The van der Waals surface area contributed by atoms with Crippen LogP contribution >= 0.6 is 27.7 Å². The van der Waals surface area contributed by atoms with Crippen LogP contribution < -0.4 is 0 Å². The molecule has 0 bridgehead atoms. The minimum absolute atomic E-state index is 0.528. The first-order valence-electron chi connectivity index (χ1n) is 4.19. The van der Waals surface area contributed by atoms with Crippen LogP contribution in [-0.2, 0) is 9.53 Å². The molecule has 0 saturated heterocycles. The number of ether oxygens (including phenoxy) is 1. The molecule has 15 heavy (non-hydrogen) atoms. The van der Waals surface area contributed by atoms with Crippen molar-refractivity contribution in [3.05, 3.63) is 28.2 Å². The number of halogens is 1. The summed E-state index contributed by atoms with van der Waals surface area (Å²) in [5.74, 6) is -0.653. The molecule has 0 fully saturated rings. The van der Waals surface area contributed by atoms with Crippen molar-refractivity contribution in [3.8, 4) is 0 Å². The zero-order valence-electron chi connectivity index (χ0n) is 8.36. The predicted octanol–water partition coefficient (Wildman–Crippen LogP) is 2.38. The molecule has 1 rings (SSSR count). The number of aliphatic hydroxyl groups is 1. The van der Waals surface area contributed by atoms with Gasteiger partial charge < -0.3 is 9.84 Å². The highest BCUT2D eigenvalue weighted by Gasteiger charge is 2.18. The van der Waals surface area contributed by atoms with Gasteiger partial charge in [0.25, 0.3) is 0 Å². The summed E-state index contributed by atoms with van der Waals surface area (Å²) in [6.45, 7) is 0. The average molecular weight is 291 g/mol. The molecule has 1 aromatic rings. The van der Waals surface area contributed by atoms with Gasteiger partial charge in [0.15, 0.2) is 6.10 Å². The van der Waals surface area contributed by atoms with E-state index in [1.54, 1.807) is 23.9 Å². The number of methoxy groups -OCH3 is 1. The van der Waals surface area contributed by atoms with Crippen LogP contribution in [0.5, 0.6) is 0 Å². The zero-order chi connectivity index (χ0) is 11.4. The average Bonchev–Trinajstić information content (AvgIpc) is 2.26. The Labute approximate surface area is 101 Å². The fraction of sp³-hybridized carbons (Fsp3) is 0.300. The van der Waals surface area contributed by atoms with Gasteiger partial charge in [-0.1, -0.05) is 15.9 Å². The van der Waals surface area contributed by atoms with E-state index in [-0.39, 0.29) is 0 Å². The monoisotopic (exact) mass is 290 g/mol. The number of benzene rings is 1. The van der Waals surface area contributed by atoms with E-state index < -0.39 is 12.1 Å². The highest BCUT2D eigenvalue weighted by molar-refractivity contribution is 9.10. The molecule has 3 nitrogen and oxygen atoms in total. The summed E-state index contributed by atoms with van der Waals surface area (Å²) < 4.78 is 5.29. The van der Waals surface area contributed by atoms with Gasteiger partial charge in [-0.25, -0.2) is 4.79 Å². The molecule has 0 amide bonds. The topological polar surface area (TPSA) is 46.5 Å². The van der Waals surface area contributed by atoms with E-state index in [1.807, 2.05) is 12.3 Å². The number of esters is 1. The molecule has 0 radical (unpaired) electrons. The van der Waals surface area contributed by atoms with E-state index >= 15 is 0 Å². The van der Waals surface area contributed by atoms with Crippen LogP contribution in [-0.4, -0.2) is 24.4 Å². The molecule has 1 unspecified atom stereocenters. The van der Waals surface area contributed by atoms with Crippen molar-refractivity contribution in [3.63, 3.8) is 0 Å². The maximum Gasteiger partial charge on any atom is 0.339 e. The van der Waals surface area contributed by atoms with Gasteiger partial charge in [0.05, 0.1) is 7.11 Å². The van der Waals surface area contributed by atoms with E-state index in [9.17, 15) is 9.90 Å². The lowest BCUT2D eigenvalue weighted by Crippen LogP contribution is -2.13. The standard InChI is InChI=1S/C10H11BrO3S/c1-14-10(13)9(12)6-3-7(11)5-8(4-6)15-2/h3-5,9,12H,1-2H3. The molecule has 0 aliphatic rings. The zero-order valence-corrected chi connectivity index (χ0v) is 10.8. The Kier molecular flexibility index (Phi) is 4.63. The highest BCUT2D eigenvalue weighted by Crippen LogP contribution is 2.26. The van der Waals surface area contributed by atoms with Crippen LogP contribution in [0, 0.1) is 0 Å². The fourth-order valence-electron chi connectivity index (χ4n) is 1.11. The molecular formula is C10H11BrO3S. The second-order valence-electron chi connectivity index (χ2n) is 2.85. The third kappa shape index (κ3) is 3.22. The summed E-state index contributed by atoms with van der Waals surface area (Å²) in [6.07, 6.45) is 0.703. The summed E-state index contributed by atoms with van der Waals surface area (Å²) in [7, 11) is 1.25. The number of thioether (sulfide) groups is 1. The number of hydrogen-bond acceptors (Lipinski definition) is 4. The van der Waals surface area contributed by atoms with Crippen molar-refractivity contribution in [1.82, 2.24) is 0 Å². The molecule has 0 saturated carbocycles. The van der Waals surface area contributed by atoms with Crippen LogP contribution in [0.1, 0.15) is 11.7 Å². The number of carbonyl (C=O) groups excluding carboxylic acids is 1. The number of carbonyl (C=O) groups is 1. The van der Waals surface area contributed by atoms with E-state index in [4.69, 9.17) is 0 Å². The van der Waals surface area contributed by atoms with Crippen molar-refractivity contribution < 1.29 is 14.6 Å².